The van der Waals surface area contributed by atoms with Gasteiger partial charge in [-0.1, -0.05) is 309 Å². The van der Waals surface area contributed by atoms with E-state index in [1.807, 2.05) is 24.3 Å². The van der Waals surface area contributed by atoms with E-state index in [0.29, 0.717) is 38.7 Å². The SMILES string of the molecule is CCCCCCCCCCCCC(CCCCCCCCCCCC)CS(=O)(=O)c1ccc(N2C(=O)c3ccc4c5ccc6c7c(ccc(c8ccc(c3c48)C2=O)c75)C(=O)N(c2ccc(S(=O)(=O)NC(CCCCCCCCCCCC)CCCCCCCCCCCC)cc2)C6=O)cc1. The number of rotatable bonds is 52. The van der Waals surface area contributed by atoms with Gasteiger partial charge in [0.05, 0.1) is 26.9 Å². The van der Waals surface area contributed by atoms with Crippen molar-refractivity contribution < 1.29 is 36.0 Å². The van der Waals surface area contributed by atoms with Crippen molar-refractivity contribution in [1.82, 2.24) is 4.72 Å². The lowest BCUT2D eigenvalue weighted by atomic mass is 9.82. The highest BCUT2D eigenvalue weighted by Crippen LogP contribution is 2.47. The lowest BCUT2D eigenvalue weighted by molar-refractivity contribution is 0.0877. The molecule has 9 rings (SSSR count). The Labute approximate surface area is 601 Å². The molecule has 13 heteroatoms. The highest BCUT2D eigenvalue weighted by atomic mass is 32.2. The molecule has 11 nitrogen and oxygen atoms in total. The number of anilines is 2. The summed E-state index contributed by atoms with van der Waals surface area (Å²) in [5.41, 5.74) is 1.90. The highest BCUT2D eigenvalue weighted by molar-refractivity contribution is 7.91. The average Bonchev–Trinajstić information content (AvgIpc) is 0.690. The lowest BCUT2D eigenvalue weighted by Crippen LogP contribution is -2.40. The molecular weight excluding hydrogens is 1280 g/mol. The standard InChI is InChI=1S/C87H121N3O8S2/c1-5-9-13-17-21-25-29-33-37-41-45-66(46-42-38-34-30-26-22-18-14-10-6-2)65-99(95,96)70-53-49-68(50-54-70)89-84(91)76-61-57-72-74-59-63-78-83-79(64-60-75(81(74)83)73-58-62-77(85(89)92)82(76)80(72)73)87(94)90(86(78)93)69-51-55-71(56-52-69)100(97,98)88-67(47-43-39-35-31-27-23-19-15-11-7-3)48-44-40-36-32-28-24-20-16-12-8-4/h49-64,66-67,88H,5-48,65H2,1-4H3. The van der Waals surface area contributed by atoms with Crippen molar-refractivity contribution in [3.05, 3.63) is 119 Å². The largest absolute Gasteiger partial charge is 0.268 e. The Kier molecular flexibility index (Phi) is 31.4. The Bertz CT molecular complexity index is 3550. The molecule has 0 atom stereocenters. The molecule has 0 unspecified atom stereocenters. The summed E-state index contributed by atoms with van der Waals surface area (Å²) >= 11 is 0. The Morgan fingerprint density at radius 2 is 0.540 bits per heavy atom. The number of imide groups is 2. The van der Waals surface area contributed by atoms with E-state index in [-0.39, 0.29) is 33.2 Å². The maximum atomic E-state index is 14.8. The van der Waals surface area contributed by atoms with Gasteiger partial charge in [-0.05, 0) is 137 Å². The van der Waals surface area contributed by atoms with Crippen LogP contribution in [-0.4, -0.2) is 52.3 Å². The molecule has 0 aromatic heterocycles. The smallest absolute Gasteiger partial charge is 0.265 e. The number of hydrogen-bond acceptors (Lipinski definition) is 8. The van der Waals surface area contributed by atoms with Gasteiger partial charge in [0.2, 0.25) is 10.0 Å². The van der Waals surface area contributed by atoms with Gasteiger partial charge in [0.25, 0.3) is 23.6 Å². The third kappa shape index (κ3) is 20.7. The topological polar surface area (TPSA) is 155 Å². The second-order valence-corrected chi connectivity index (χ2v) is 33.6. The molecule has 7 aromatic carbocycles. The molecule has 2 heterocycles. The van der Waals surface area contributed by atoms with Crippen molar-refractivity contribution in [2.75, 3.05) is 15.6 Å². The van der Waals surface area contributed by atoms with Gasteiger partial charge in [-0.15, -0.1) is 0 Å². The van der Waals surface area contributed by atoms with E-state index in [1.54, 1.807) is 60.7 Å². The van der Waals surface area contributed by atoms with Gasteiger partial charge >= 0.3 is 0 Å². The Hall–Kier alpha value is -6.02. The second kappa shape index (κ2) is 40.1. The van der Waals surface area contributed by atoms with Crippen molar-refractivity contribution >= 4 is 98.0 Å². The summed E-state index contributed by atoms with van der Waals surface area (Å²) in [7, 11) is -7.61. The van der Waals surface area contributed by atoms with Gasteiger partial charge in [0.1, 0.15) is 0 Å². The number of hydrogen-bond donors (Lipinski definition) is 1. The summed E-state index contributed by atoms with van der Waals surface area (Å²) in [6.45, 7) is 9.00. The van der Waals surface area contributed by atoms with Crippen LogP contribution in [0.5, 0.6) is 0 Å². The first-order chi connectivity index (χ1) is 48.7. The van der Waals surface area contributed by atoms with E-state index in [9.17, 15) is 36.0 Å². The Balaban J connectivity index is 0.867. The molecule has 7 aromatic rings. The molecule has 0 saturated carbocycles. The van der Waals surface area contributed by atoms with E-state index < -0.39 is 43.5 Å². The van der Waals surface area contributed by atoms with Crippen LogP contribution in [0, 0.1) is 5.92 Å². The van der Waals surface area contributed by atoms with E-state index in [0.717, 1.165) is 132 Å². The van der Waals surface area contributed by atoms with Crippen molar-refractivity contribution in [2.45, 2.75) is 326 Å². The van der Waals surface area contributed by atoms with Gasteiger partial charge in [0.15, 0.2) is 9.84 Å². The minimum atomic E-state index is -3.93. The number of fused-ring (bicyclic) bond motifs is 2. The summed E-state index contributed by atoms with van der Waals surface area (Å²) in [6.07, 6.45) is 52.4. The number of unbranched alkanes of at least 4 members (excludes halogenated alkanes) is 36. The predicted octanol–water partition coefficient (Wildman–Crippen LogP) is 24.6. The van der Waals surface area contributed by atoms with E-state index in [2.05, 4.69) is 32.4 Å². The number of carbonyl (C=O) groups excluding carboxylic acids is 4. The Morgan fingerprint density at radius 1 is 0.290 bits per heavy atom. The van der Waals surface area contributed by atoms with Gasteiger partial charge in [-0.3, -0.25) is 19.2 Å². The zero-order valence-corrected chi connectivity index (χ0v) is 63.3. The number of amides is 4. The van der Waals surface area contributed by atoms with Crippen LogP contribution in [0.25, 0.3) is 43.1 Å². The van der Waals surface area contributed by atoms with Crippen LogP contribution in [0.2, 0.25) is 0 Å². The third-order valence-corrected chi connectivity index (χ3v) is 25.5. The first kappa shape index (κ1) is 78.1. The number of carbonyl (C=O) groups is 4. The van der Waals surface area contributed by atoms with E-state index in [1.165, 1.54) is 205 Å². The fourth-order valence-electron chi connectivity index (χ4n) is 16.2. The minimum absolute atomic E-state index is 0.0614. The molecule has 544 valence electrons. The molecule has 100 heavy (non-hydrogen) atoms. The summed E-state index contributed by atoms with van der Waals surface area (Å²) in [5, 5.41) is 5.52. The maximum absolute atomic E-state index is 14.8. The average molecular weight is 1400 g/mol. The van der Waals surface area contributed by atoms with Crippen molar-refractivity contribution in [3.8, 4) is 0 Å². The van der Waals surface area contributed by atoms with Crippen molar-refractivity contribution in [1.29, 1.82) is 0 Å². The van der Waals surface area contributed by atoms with Crippen LogP contribution in [0.4, 0.5) is 11.4 Å². The fraction of sp³-hybridized carbons (Fsp3) is 0.586. The van der Waals surface area contributed by atoms with E-state index >= 15 is 0 Å². The molecule has 2 aliphatic heterocycles. The number of benzene rings is 7. The third-order valence-electron chi connectivity index (χ3n) is 22.0. The number of sulfone groups is 1. The number of nitrogens with zero attached hydrogens (tertiary/aromatic N) is 2. The van der Waals surface area contributed by atoms with Crippen LogP contribution in [0.3, 0.4) is 0 Å². The van der Waals surface area contributed by atoms with Gasteiger partial charge < -0.3 is 0 Å². The Morgan fingerprint density at radius 3 is 0.820 bits per heavy atom. The summed E-state index contributed by atoms with van der Waals surface area (Å²) in [6, 6.07) is 26.6. The maximum Gasteiger partial charge on any atom is 0.265 e. The zero-order valence-electron chi connectivity index (χ0n) is 61.7. The monoisotopic (exact) mass is 1400 g/mol. The molecule has 0 radical (unpaired) electrons. The van der Waals surface area contributed by atoms with Gasteiger partial charge in [-0.25, -0.2) is 31.4 Å². The van der Waals surface area contributed by atoms with Gasteiger partial charge in [0, 0.05) is 39.1 Å². The summed E-state index contributed by atoms with van der Waals surface area (Å²) < 4.78 is 60.1. The molecule has 0 saturated heterocycles. The molecule has 1 N–H and O–H groups in total. The molecular formula is C87H121N3O8S2. The first-order valence-corrected chi connectivity index (χ1v) is 43.3. The van der Waals surface area contributed by atoms with Crippen LogP contribution in [-0.2, 0) is 19.9 Å². The quantitative estimate of drug-likeness (QED) is 0.0171. The summed E-state index contributed by atoms with van der Waals surface area (Å²) in [4.78, 5) is 61.8. The minimum Gasteiger partial charge on any atom is -0.268 e. The molecule has 0 fully saturated rings. The van der Waals surface area contributed by atoms with Crippen LogP contribution >= 0.6 is 0 Å². The molecule has 0 spiro atoms. The van der Waals surface area contributed by atoms with Crippen molar-refractivity contribution in [2.24, 2.45) is 5.92 Å². The lowest BCUT2D eigenvalue weighted by Gasteiger charge is -2.30. The molecule has 4 amide bonds. The number of sulfonamides is 1. The van der Waals surface area contributed by atoms with Gasteiger partial charge in [-0.2, -0.15) is 0 Å². The molecule has 0 bridgehead atoms. The molecule has 2 aliphatic rings. The van der Waals surface area contributed by atoms with Crippen LogP contribution < -0.4 is 14.5 Å². The normalized spacial score (nSPS) is 13.6. The van der Waals surface area contributed by atoms with Crippen molar-refractivity contribution in [3.63, 3.8) is 0 Å². The fourth-order valence-corrected chi connectivity index (χ4v) is 19.2. The number of nitrogens with one attached hydrogen (secondary N) is 1. The molecule has 0 aliphatic carbocycles. The zero-order chi connectivity index (χ0) is 70.7. The van der Waals surface area contributed by atoms with Crippen LogP contribution in [0.1, 0.15) is 352 Å². The highest BCUT2D eigenvalue weighted by Gasteiger charge is 2.39. The first-order valence-electron chi connectivity index (χ1n) is 40.2. The van der Waals surface area contributed by atoms with E-state index in [4.69, 9.17) is 0 Å². The summed E-state index contributed by atoms with van der Waals surface area (Å²) in [5.74, 6) is -1.93. The predicted molar refractivity (Wildman–Crippen MR) is 418 cm³/mol. The second-order valence-electron chi connectivity index (χ2n) is 29.9. The van der Waals surface area contributed by atoms with Crippen LogP contribution in [0.15, 0.2) is 107 Å².